The van der Waals surface area contributed by atoms with Crippen molar-refractivity contribution in [3.05, 3.63) is 6.20 Å². The minimum Gasteiger partial charge on any atom is -0.375 e. The molecule has 0 aromatic carbocycles. The second-order valence-electron chi connectivity index (χ2n) is 5.75. The summed E-state index contributed by atoms with van der Waals surface area (Å²) in [5.74, 6) is 0.556. The Morgan fingerprint density at radius 1 is 1.45 bits per heavy atom. The second-order valence-corrected chi connectivity index (χ2v) is 6.76. The molecule has 0 atom stereocenters. The average molecular weight is 295 g/mol. The SMILES string of the molecule is Nc1nc2cnc(NCC34COC(CF)(C3)C4)nc2s1. The summed E-state index contributed by atoms with van der Waals surface area (Å²) >= 11 is 1.34. The highest BCUT2D eigenvalue weighted by atomic mass is 32.1. The first kappa shape index (κ1) is 12.2. The summed E-state index contributed by atoms with van der Waals surface area (Å²) in [6.45, 7) is 0.922. The summed E-state index contributed by atoms with van der Waals surface area (Å²) in [5, 5.41) is 3.71. The lowest BCUT2D eigenvalue weighted by Crippen LogP contribution is -2.49. The highest BCUT2D eigenvalue weighted by molar-refractivity contribution is 7.21. The van der Waals surface area contributed by atoms with Crippen molar-refractivity contribution in [3.63, 3.8) is 0 Å². The van der Waals surface area contributed by atoms with Crippen LogP contribution in [0.15, 0.2) is 6.20 Å². The Hall–Kier alpha value is -1.54. The number of fused-ring (bicyclic) bond motifs is 2. The van der Waals surface area contributed by atoms with Crippen LogP contribution in [0.5, 0.6) is 0 Å². The molecule has 2 aromatic heterocycles. The smallest absolute Gasteiger partial charge is 0.224 e. The average Bonchev–Trinajstić information content (AvgIpc) is 3.05. The van der Waals surface area contributed by atoms with Crippen molar-refractivity contribution in [2.24, 2.45) is 5.41 Å². The molecule has 20 heavy (non-hydrogen) atoms. The Balaban J connectivity index is 1.46. The maximum atomic E-state index is 12.8. The second kappa shape index (κ2) is 3.98. The number of thiazole rings is 1. The molecular formula is C12H14FN5OS. The maximum absolute atomic E-state index is 12.8. The van der Waals surface area contributed by atoms with E-state index in [0.717, 1.165) is 17.7 Å². The first-order valence-electron chi connectivity index (χ1n) is 6.45. The Morgan fingerprint density at radius 2 is 2.30 bits per heavy atom. The van der Waals surface area contributed by atoms with E-state index in [0.29, 0.717) is 29.7 Å². The number of alkyl halides is 1. The van der Waals surface area contributed by atoms with Crippen LogP contribution in [0, 0.1) is 5.41 Å². The third-order valence-corrected chi connectivity index (χ3v) is 4.91. The van der Waals surface area contributed by atoms with Crippen molar-refractivity contribution in [3.8, 4) is 0 Å². The van der Waals surface area contributed by atoms with Crippen LogP contribution in [0.1, 0.15) is 12.8 Å². The zero-order valence-electron chi connectivity index (χ0n) is 10.7. The molecule has 2 saturated heterocycles. The Labute approximate surface area is 118 Å². The third kappa shape index (κ3) is 1.75. The number of anilines is 2. The zero-order valence-corrected chi connectivity index (χ0v) is 11.5. The van der Waals surface area contributed by atoms with Crippen LogP contribution in [0.2, 0.25) is 0 Å². The van der Waals surface area contributed by atoms with Crippen LogP contribution in [0.3, 0.4) is 0 Å². The molecule has 1 saturated carbocycles. The van der Waals surface area contributed by atoms with E-state index in [1.54, 1.807) is 6.20 Å². The third-order valence-electron chi connectivity index (χ3n) is 4.11. The topological polar surface area (TPSA) is 86.0 Å². The van der Waals surface area contributed by atoms with Gasteiger partial charge in [0, 0.05) is 12.0 Å². The van der Waals surface area contributed by atoms with Crippen molar-refractivity contribution < 1.29 is 9.13 Å². The predicted molar refractivity (Wildman–Crippen MR) is 74.4 cm³/mol. The van der Waals surface area contributed by atoms with Gasteiger partial charge in [-0.15, -0.1) is 0 Å². The van der Waals surface area contributed by atoms with E-state index in [-0.39, 0.29) is 5.41 Å². The summed E-state index contributed by atoms with van der Waals surface area (Å²) in [6, 6.07) is 0. The molecule has 6 nitrogen and oxygen atoms in total. The molecule has 2 aliphatic heterocycles. The molecule has 0 radical (unpaired) electrons. The first-order chi connectivity index (χ1) is 9.62. The monoisotopic (exact) mass is 295 g/mol. The van der Waals surface area contributed by atoms with Gasteiger partial charge < -0.3 is 15.8 Å². The van der Waals surface area contributed by atoms with E-state index in [1.165, 1.54) is 11.3 Å². The van der Waals surface area contributed by atoms with Gasteiger partial charge in [0.25, 0.3) is 0 Å². The van der Waals surface area contributed by atoms with Crippen molar-refractivity contribution in [1.82, 2.24) is 15.0 Å². The molecule has 106 valence electrons. The van der Waals surface area contributed by atoms with E-state index >= 15 is 0 Å². The summed E-state index contributed by atoms with van der Waals surface area (Å²) < 4.78 is 18.4. The summed E-state index contributed by atoms with van der Waals surface area (Å²) in [5.41, 5.74) is 5.88. The number of nitrogen functional groups attached to an aromatic ring is 1. The van der Waals surface area contributed by atoms with Gasteiger partial charge in [0.15, 0.2) is 9.96 Å². The molecule has 0 unspecified atom stereocenters. The number of hydrogen-bond donors (Lipinski definition) is 2. The number of nitrogens with two attached hydrogens (primary N) is 1. The van der Waals surface area contributed by atoms with Crippen LogP contribution in [-0.2, 0) is 4.74 Å². The van der Waals surface area contributed by atoms with E-state index in [1.807, 2.05) is 0 Å². The molecule has 2 aromatic rings. The maximum Gasteiger partial charge on any atom is 0.224 e. The van der Waals surface area contributed by atoms with Gasteiger partial charge in [-0.25, -0.2) is 19.3 Å². The van der Waals surface area contributed by atoms with Gasteiger partial charge in [0.2, 0.25) is 5.95 Å². The van der Waals surface area contributed by atoms with E-state index in [4.69, 9.17) is 10.5 Å². The number of ether oxygens (including phenoxy) is 1. The van der Waals surface area contributed by atoms with Crippen LogP contribution in [-0.4, -0.2) is 40.4 Å². The molecular weight excluding hydrogens is 281 g/mol. The molecule has 8 heteroatoms. The van der Waals surface area contributed by atoms with Crippen LogP contribution < -0.4 is 11.1 Å². The lowest BCUT2D eigenvalue weighted by molar-refractivity contribution is -0.0321. The number of halogens is 1. The van der Waals surface area contributed by atoms with Gasteiger partial charge in [0.1, 0.15) is 12.2 Å². The first-order valence-corrected chi connectivity index (χ1v) is 7.27. The molecule has 5 rings (SSSR count). The normalized spacial score (nSPS) is 31.4. The fourth-order valence-corrected chi connectivity index (χ4v) is 3.92. The van der Waals surface area contributed by atoms with E-state index in [2.05, 4.69) is 20.3 Å². The zero-order chi connectivity index (χ0) is 13.8. The molecule has 3 fully saturated rings. The predicted octanol–water partition coefficient (Wildman–Crippen LogP) is 1.60. The number of aromatic nitrogens is 3. The number of rotatable bonds is 4. The standard InChI is InChI=1S/C12H14FN5OS/c13-4-12-2-11(3-12,6-19-12)5-16-10-15-1-7-8(18-10)20-9(14)17-7/h1H,2-6H2,(H2,14,17)(H,15,16,18). The lowest BCUT2D eigenvalue weighted by Gasteiger charge is -2.42. The molecule has 4 heterocycles. The van der Waals surface area contributed by atoms with Gasteiger partial charge in [-0.3, -0.25) is 0 Å². The molecule has 1 aliphatic carbocycles. The quantitative estimate of drug-likeness (QED) is 0.891. The van der Waals surface area contributed by atoms with Gasteiger partial charge in [-0.05, 0) is 12.8 Å². The van der Waals surface area contributed by atoms with Gasteiger partial charge >= 0.3 is 0 Å². The highest BCUT2D eigenvalue weighted by Gasteiger charge is 2.62. The number of hydrogen-bond acceptors (Lipinski definition) is 7. The van der Waals surface area contributed by atoms with Gasteiger partial charge in [-0.2, -0.15) is 0 Å². The van der Waals surface area contributed by atoms with E-state index in [9.17, 15) is 4.39 Å². The minimum atomic E-state index is -0.501. The largest absolute Gasteiger partial charge is 0.375 e. The van der Waals surface area contributed by atoms with Crippen molar-refractivity contribution >= 4 is 32.8 Å². The molecule has 3 N–H and O–H groups in total. The lowest BCUT2D eigenvalue weighted by atomic mass is 9.63. The Bertz CT molecular complexity index is 669. The number of nitrogens with zero attached hydrogens (tertiary/aromatic N) is 3. The summed E-state index contributed by atoms with van der Waals surface area (Å²) in [4.78, 5) is 13.5. The summed E-state index contributed by atoms with van der Waals surface area (Å²) in [7, 11) is 0. The minimum absolute atomic E-state index is 0.0388. The Morgan fingerprint density at radius 3 is 3.05 bits per heavy atom. The summed E-state index contributed by atoms with van der Waals surface area (Å²) in [6.07, 6.45) is 3.21. The highest BCUT2D eigenvalue weighted by Crippen LogP contribution is 2.57. The van der Waals surface area contributed by atoms with Crippen LogP contribution >= 0.6 is 11.3 Å². The number of nitrogens with one attached hydrogen (secondary N) is 1. The molecule has 3 aliphatic rings. The van der Waals surface area contributed by atoms with Crippen LogP contribution in [0.4, 0.5) is 15.5 Å². The van der Waals surface area contributed by atoms with Crippen molar-refractivity contribution in [2.45, 2.75) is 18.4 Å². The van der Waals surface area contributed by atoms with Gasteiger partial charge in [0.05, 0.1) is 18.4 Å². The molecule has 2 bridgehead atoms. The van der Waals surface area contributed by atoms with Crippen molar-refractivity contribution in [2.75, 3.05) is 30.9 Å². The Kier molecular flexibility index (Phi) is 2.43. The van der Waals surface area contributed by atoms with E-state index < -0.39 is 12.3 Å². The fraction of sp³-hybridized carbons (Fsp3) is 0.583. The fourth-order valence-electron chi connectivity index (χ4n) is 3.24. The van der Waals surface area contributed by atoms with Crippen LogP contribution in [0.25, 0.3) is 10.3 Å². The molecule has 0 spiro atoms. The molecule has 0 amide bonds. The van der Waals surface area contributed by atoms with Gasteiger partial charge in [-0.1, -0.05) is 11.3 Å². The van der Waals surface area contributed by atoms with Crippen molar-refractivity contribution in [1.29, 1.82) is 0 Å².